The molecule has 0 aromatic heterocycles. The second-order valence-corrected chi connectivity index (χ2v) is 4.30. The Morgan fingerprint density at radius 1 is 1.38 bits per heavy atom. The van der Waals surface area contributed by atoms with Crippen molar-refractivity contribution in [2.45, 2.75) is 46.0 Å². The third-order valence-corrected chi connectivity index (χ3v) is 3.24. The van der Waals surface area contributed by atoms with Crippen molar-refractivity contribution in [3.63, 3.8) is 0 Å². The van der Waals surface area contributed by atoms with Crippen molar-refractivity contribution >= 4 is 0 Å². The molecule has 0 aromatic rings. The predicted molar refractivity (Wildman–Crippen MR) is 65.9 cm³/mol. The average Bonchev–Trinajstić information content (AvgIpc) is 2.28. The van der Waals surface area contributed by atoms with Crippen molar-refractivity contribution in [2.75, 3.05) is 14.2 Å². The van der Waals surface area contributed by atoms with E-state index in [2.05, 4.69) is 6.92 Å². The van der Waals surface area contributed by atoms with Gasteiger partial charge in [-0.25, -0.2) is 0 Å². The number of methoxy groups -OCH3 is 1. The maximum Gasteiger partial charge on any atom is 0.122 e. The largest absolute Gasteiger partial charge is 0.510 e. The first-order valence-corrected chi connectivity index (χ1v) is 6.00. The molecule has 1 N–H and O–H groups in total. The minimum absolute atomic E-state index is 0.459. The van der Waals surface area contributed by atoms with Crippen LogP contribution in [0.2, 0.25) is 0 Å². The van der Waals surface area contributed by atoms with Gasteiger partial charge in [-0.3, -0.25) is 0 Å². The van der Waals surface area contributed by atoms with Crippen molar-refractivity contribution in [3.05, 3.63) is 22.9 Å². The van der Waals surface area contributed by atoms with Crippen LogP contribution in [0.15, 0.2) is 22.9 Å². The topological polar surface area (TPSA) is 32.7 Å². The zero-order valence-corrected chi connectivity index (χ0v) is 10.8. The summed E-state index contributed by atoms with van der Waals surface area (Å²) in [7, 11) is 3.65. The van der Waals surface area contributed by atoms with E-state index in [-0.39, 0.29) is 0 Å². The lowest BCUT2D eigenvalue weighted by molar-refractivity contribution is 0.227. The number of rotatable bonds is 5. The van der Waals surface area contributed by atoms with E-state index in [0.717, 1.165) is 30.0 Å². The molecular formula is C13H23NO2. The Bertz CT molecular complexity index is 305. The quantitative estimate of drug-likeness (QED) is 0.726. The molecule has 1 aliphatic heterocycles. The standard InChI is InChI=1S/C13H23NO2/c1-5-6-7-8-11-12(15)9-13(16-4)10(2)14(11)3/h15H,5-9H2,1-4H3. The third-order valence-electron chi connectivity index (χ3n) is 3.24. The molecule has 1 aliphatic rings. The van der Waals surface area contributed by atoms with Crippen LogP contribution >= 0.6 is 0 Å². The summed E-state index contributed by atoms with van der Waals surface area (Å²) in [6, 6.07) is 0. The monoisotopic (exact) mass is 225 g/mol. The van der Waals surface area contributed by atoms with Gasteiger partial charge >= 0.3 is 0 Å². The molecule has 0 fully saturated rings. The molecule has 92 valence electrons. The van der Waals surface area contributed by atoms with Crippen LogP contribution in [0.1, 0.15) is 46.0 Å². The van der Waals surface area contributed by atoms with Crippen LogP contribution in [-0.4, -0.2) is 24.2 Å². The second kappa shape index (κ2) is 5.83. The van der Waals surface area contributed by atoms with Crippen LogP contribution in [0.5, 0.6) is 0 Å². The summed E-state index contributed by atoms with van der Waals surface area (Å²) in [6.07, 6.45) is 5.04. The van der Waals surface area contributed by atoms with Gasteiger partial charge in [0.05, 0.1) is 24.9 Å². The van der Waals surface area contributed by atoms with E-state index in [1.807, 2.05) is 18.9 Å². The molecule has 1 rings (SSSR count). The van der Waals surface area contributed by atoms with Gasteiger partial charge in [0, 0.05) is 7.05 Å². The molecule has 0 bridgehead atoms. The lowest BCUT2D eigenvalue weighted by atomic mass is 10.0. The van der Waals surface area contributed by atoms with Gasteiger partial charge in [0.25, 0.3) is 0 Å². The molecule has 0 aromatic carbocycles. The molecule has 16 heavy (non-hydrogen) atoms. The fraction of sp³-hybridized carbons (Fsp3) is 0.692. The zero-order valence-electron chi connectivity index (χ0n) is 10.8. The summed E-state index contributed by atoms with van der Waals surface area (Å²) in [6.45, 7) is 4.22. The summed E-state index contributed by atoms with van der Waals surface area (Å²) in [5, 5.41) is 9.98. The molecule has 1 heterocycles. The molecule has 0 unspecified atom stereocenters. The summed E-state index contributed by atoms with van der Waals surface area (Å²) in [4.78, 5) is 2.05. The van der Waals surface area contributed by atoms with Gasteiger partial charge in [0.1, 0.15) is 11.5 Å². The van der Waals surface area contributed by atoms with Crippen LogP contribution in [0.3, 0.4) is 0 Å². The first-order valence-electron chi connectivity index (χ1n) is 6.00. The van der Waals surface area contributed by atoms with Crippen LogP contribution in [0.4, 0.5) is 0 Å². The first kappa shape index (κ1) is 12.9. The number of ether oxygens (including phenoxy) is 1. The second-order valence-electron chi connectivity index (χ2n) is 4.30. The Morgan fingerprint density at radius 2 is 2.06 bits per heavy atom. The fourth-order valence-corrected chi connectivity index (χ4v) is 2.04. The zero-order chi connectivity index (χ0) is 12.1. The normalized spacial score (nSPS) is 17.1. The third kappa shape index (κ3) is 2.71. The number of unbranched alkanes of at least 4 members (excludes halogenated alkanes) is 2. The SMILES string of the molecule is CCCCCC1=C(O)CC(OC)=C(C)N1C. The number of aliphatic hydroxyl groups excluding tert-OH is 1. The Kier molecular flexibility index (Phi) is 4.71. The Hall–Kier alpha value is -1.12. The smallest absolute Gasteiger partial charge is 0.122 e. The van der Waals surface area contributed by atoms with E-state index < -0.39 is 0 Å². The number of allylic oxidation sites excluding steroid dienone is 2. The van der Waals surface area contributed by atoms with Crippen molar-refractivity contribution in [1.29, 1.82) is 0 Å². The number of hydrogen-bond donors (Lipinski definition) is 1. The maximum atomic E-state index is 9.98. The number of nitrogens with zero attached hydrogens (tertiary/aromatic N) is 1. The van der Waals surface area contributed by atoms with Crippen LogP contribution in [-0.2, 0) is 4.74 Å². The molecule has 3 heteroatoms. The van der Waals surface area contributed by atoms with Crippen LogP contribution in [0.25, 0.3) is 0 Å². The lowest BCUT2D eigenvalue weighted by Gasteiger charge is -2.30. The Balaban J connectivity index is 2.71. The first-order chi connectivity index (χ1) is 7.61. The maximum absolute atomic E-state index is 9.98. The van der Waals surface area contributed by atoms with E-state index in [4.69, 9.17) is 4.74 Å². The predicted octanol–water partition coefficient (Wildman–Crippen LogP) is 3.55. The highest BCUT2D eigenvalue weighted by atomic mass is 16.5. The number of aliphatic hydroxyl groups is 1. The van der Waals surface area contributed by atoms with Crippen molar-refractivity contribution in [2.24, 2.45) is 0 Å². The van der Waals surface area contributed by atoms with Gasteiger partial charge in [-0.1, -0.05) is 19.8 Å². The minimum Gasteiger partial charge on any atom is -0.510 e. The molecule has 0 spiro atoms. The fourth-order valence-electron chi connectivity index (χ4n) is 2.04. The van der Waals surface area contributed by atoms with E-state index in [1.54, 1.807) is 7.11 Å². The van der Waals surface area contributed by atoms with Gasteiger partial charge in [-0.15, -0.1) is 0 Å². The van der Waals surface area contributed by atoms with E-state index in [0.29, 0.717) is 12.2 Å². The molecular weight excluding hydrogens is 202 g/mol. The average molecular weight is 225 g/mol. The highest BCUT2D eigenvalue weighted by Gasteiger charge is 2.22. The van der Waals surface area contributed by atoms with Crippen LogP contribution < -0.4 is 0 Å². The molecule has 0 aliphatic carbocycles. The molecule has 0 amide bonds. The lowest BCUT2D eigenvalue weighted by Crippen LogP contribution is -2.23. The van der Waals surface area contributed by atoms with Gasteiger partial charge < -0.3 is 14.7 Å². The van der Waals surface area contributed by atoms with Crippen molar-refractivity contribution in [3.8, 4) is 0 Å². The van der Waals surface area contributed by atoms with Crippen molar-refractivity contribution < 1.29 is 9.84 Å². The molecule has 0 saturated heterocycles. The van der Waals surface area contributed by atoms with E-state index >= 15 is 0 Å². The molecule has 0 radical (unpaired) electrons. The number of hydrogen-bond acceptors (Lipinski definition) is 3. The summed E-state index contributed by atoms with van der Waals surface area (Å²) < 4.78 is 5.26. The van der Waals surface area contributed by atoms with Gasteiger partial charge in [-0.05, 0) is 19.8 Å². The molecule has 0 atom stereocenters. The summed E-state index contributed by atoms with van der Waals surface area (Å²) in [5.74, 6) is 1.32. The highest BCUT2D eigenvalue weighted by molar-refractivity contribution is 5.25. The van der Waals surface area contributed by atoms with Gasteiger partial charge in [-0.2, -0.15) is 0 Å². The Labute approximate surface area is 98.4 Å². The van der Waals surface area contributed by atoms with E-state index in [1.165, 1.54) is 12.8 Å². The van der Waals surface area contributed by atoms with Gasteiger partial charge in [0.2, 0.25) is 0 Å². The molecule has 0 saturated carbocycles. The Morgan fingerprint density at radius 3 is 2.62 bits per heavy atom. The summed E-state index contributed by atoms with van der Waals surface area (Å²) >= 11 is 0. The molecule has 3 nitrogen and oxygen atoms in total. The summed E-state index contributed by atoms with van der Waals surface area (Å²) in [5.41, 5.74) is 2.15. The van der Waals surface area contributed by atoms with Crippen LogP contribution in [0, 0.1) is 0 Å². The van der Waals surface area contributed by atoms with Gasteiger partial charge in [0.15, 0.2) is 0 Å². The minimum atomic E-state index is 0.459. The van der Waals surface area contributed by atoms with E-state index in [9.17, 15) is 5.11 Å². The van der Waals surface area contributed by atoms with Crippen molar-refractivity contribution in [1.82, 2.24) is 4.90 Å². The highest BCUT2D eigenvalue weighted by Crippen LogP contribution is 2.30.